The number of benzene rings is 1. The predicted molar refractivity (Wildman–Crippen MR) is 86.5 cm³/mol. The van der Waals surface area contributed by atoms with Crippen molar-refractivity contribution >= 4 is 11.9 Å². The Morgan fingerprint density at radius 1 is 1.29 bits per heavy atom. The Morgan fingerprint density at radius 2 is 2.00 bits per heavy atom. The van der Waals surface area contributed by atoms with Gasteiger partial charge >= 0.3 is 5.97 Å². The Bertz CT molecular complexity index is 710. The van der Waals surface area contributed by atoms with Crippen molar-refractivity contribution in [1.29, 1.82) is 0 Å². The lowest BCUT2D eigenvalue weighted by atomic mass is 10.2. The molecule has 0 bridgehead atoms. The fourth-order valence-electron chi connectivity index (χ4n) is 2.34. The molecule has 0 atom stereocenters. The van der Waals surface area contributed by atoms with Crippen LogP contribution in [0.25, 0.3) is 5.69 Å². The van der Waals surface area contributed by atoms with Crippen LogP contribution in [-0.2, 0) is 16.0 Å². The normalized spacial score (nSPS) is 10.5. The molecule has 1 aromatic carbocycles. The van der Waals surface area contributed by atoms with Crippen molar-refractivity contribution < 1.29 is 18.7 Å². The van der Waals surface area contributed by atoms with E-state index in [-0.39, 0.29) is 24.1 Å². The number of hydrogen-bond acceptors (Lipinski definition) is 4. The summed E-state index contributed by atoms with van der Waals surface area (Å²) >= 11 is 0. The van der Waals surface area contributed by atoms with Crippen LogP contribution in [0.2, 0.25) is 0 Å². The second-order valence-corrected chi connectivity index (χ2v) is 5.18. The van der Waals surface area contributed by atoms with Gasteiger partial charge in [0.2, 0.25) is 0 Å². The number of nitrogens with zero attached hydrogens (tertiary/aromatic N) is 2. The van der Waals surface area contributed by atoms with Gasteiger partial charge in [0.05, 0.1) is 30.3 Å². The Balaban J connectivity index is 2.06. The maximum atomic E-state index is 13.0. The molecule has 6 nitrogen and oxygen atoms in total. The van der Waals surface area contributed by atoms with Crippen LogP contribution < -0.4 is 5.32 Å². The molecule has 0 saturated carbocycles. The third-order valence-electron chi connectivity index (χ3n) is 3.59. The van der Waals surface area contributed by atoms with E-state index in [9.17, 15) is 14.0 Å². The molecule has 0 unspecified atom stereocenters. The second kappa shape index (κ2) is 8.24. The lowest BCUT2D eigenvalue weighted by Gasteiger charge is -2.08. The van der Waals surface area contributed by atoms with Crippen LogP contribution in [0.4, 0.5) is 4.39 Å². The fraction of sp³-hybridized carbons (Fsp3) is 0.353. The second-order valence-electron chi connectivity index (χ2n) is 5.18. The third-order valence-corrected chi connectivity index (χ3v) is 3.59. The maximum Gasteiger partial charge on any atom is 0.305 e. The van der Waals surface area contributed by atoms with Crippen LogP contribution in [0, 0.1) is 5.82 Å². The van der Waals surface area contributed by atoms with Crippen molar-refractivity contribution in [3.63, 3.8) is 0 Å². The van der Waals surface area contributed by atoms with E-state index >= 15 is 0 Å². The highest BCUT2D eigenvalue weighted by molar-refractivity contribution is 5.95. The molecule has 0 fully saturated rings. The van der Waals surface area contributed by atoms with Crippen molar-refractivity contribution in [3.8, 4) is 5.69 Å². The molecule has 0 aliphatic rings. The molecule has 0 aliphatic carbocycles. The number of carbonyl (C=O) groups excluding carboxylic acids is 2. The maximum absolute atomic E-state index is 13.0. The van der Waals surface area contributed by atoms with E-state index < -0.39 is 0 Å². The summed E-state index contributed by atoms with van der Waals surface area (Å²) in [5, 5.41) is 7.00. The summed E-state index contributed by atoms with van der Waals surface area (Å²) in [5.74, 6) is -0.875. The van der Waals surface area contributed by atoms with E-state index in [2.05, 4.69) is 15.2 Å². The summed E-state index contributed by atoms with van der Waals surface area (Å²) in [6.45, 7) is 2.30. The SMILES string of the molecule is CCc1c(C(=O)NCCCC(=O)OC)cnn1-c1ccc(F)cc1. The smallest absolute Gasteiger partial charge is 0.305 e. The topological polar surface area (TPSA) is 73.2 Å². The Labute approximate surface area is 139 Å². The first kappa shape index (κ1) is 17.7. The molecular weight excluding hydrogens is 313 g/mol. The number of hydrogen-bond donors (Lipinski definition) is 1. The summed E-state index contributed by atoms with van der Waals surface area (Å²) in [6.07, 6.45) is 2.86. The number of carbonyl (C=O) groups is 2. The molecule has 2 aromatic rings. The number of esters is 1. The van der Waals surface area contributed by atoms with Gasteiger partial charge in [-0.2, -0.15) is 5.10 Å². The Kier molecular flexibility index (Phi) is 6.06. The van der Waals surface area contributed by atoms with E-state index in [0.29, 0.717) is 30.6 Å². The molecule has 128 valence electrons. The zero-order valence-corrected chi connectivity index (χ0v) is 13.7. The Hall–Kier alpha value is -2.70. The van der Waals surface area contributed by atoms with Crippen LogP contribution in [0.1, 0.15) is 35.8 Å². The molecule has 1 aromatic heterocycles. The van der Waals surface area contributed by atoms with E-state index in [4.69, 9.17) is 0 Å². The van der Waals surface area contributed by atoms with Gasteiger partial charge < -0.3 is 10.1 Å². The van der Waals surface area contributed by atoms with Gasteiger partial charge in [0, 0.05) is 13.0 Å². The van der Waals surface area contributed by atoms with Gasteiger partial charge in [0.1, 0.15) is 5.82 Å². The first-order valence-electron chi connectivity index (χ1n) is 7.74. The number of methoxy groups -OCH3 is 1. The summed E-state index contributed by atoms with van der Waals surface area (Å²) in [5.41, 5.74) is 1.91. The monoisotopic (exact) mass is 333 g/mol. The summed E-state index contributed by atoms with van der Waals surface area (Å²) < 4.78 is 19.2. The average Bonchev–Trinajstić information content (AvgIpc) is 3.02. The third kappa shape index (κ3) is 4.18. The molecule has 0 aliphatic heterocycles. The number of rotatable bonds is 7. The van der Waals surface area contributed by atoms with E-state index in [1.807, 2.05) is 6.92 Å². The minimum atomic E-state index is -0.326. The summed E-state index contributed by atoms with van der Waals surface area (Å²) in [7, 11) is 1.33. The molecule has 2 rings (SSSR count). The van der Waals surface area contributed by atoms with Gasteiger partial charge in [0.25, 0.3) is 5.91 Å². The zero-order valence-electron chi connectivity index (χ0n) is 13.7. The van der Waals surface area contributed by atoms with Crippen molar-refractivity contribution in [1.82, 2.24) is 15.1 Å². The first-order chi connectivity index (χ1) is 11.6. The van der Waals surface area contributed by atoms with Crippen LogP contribution in [-0.4, -0.2) is 35.3 Å². The lowest BCUT2D eigenvalue weighted by molar-refractivity contribution is -0.140. The summed E-state index contributed by atoms with van der Waals surface area (Å²) in [6, 6.07) is 5.92. The highest BCUT2D eigenvalue weighted by Crippen LogP contribution is 2.16. The average molecular weight is 333 g/mol. The van der Waals surface area contributed by atoms with Gasteiger partial charge in [-0.3, -0.25) is 9.59 Å². The molecule has 1 amide bonds. The minimum Gasteiger partial charge on any atom is -0.469 e. The van der Waals surface area contributed by atoms with Crippen LogP contribution in [0.3, 0.4) is 0 Å². The van der Waals surface area contributed by atoms with Crippen molar-refractivity contribution in [2.24, 2.45) is 0 Å². The standard InChI is InChI=1S/C17H20FN3O3/c1-3-15-14(17(23)19-10-4-5-16(22)24-2)11-20-21(15)13-8-6-12(18)7-9-13/h6-9,11H,3-5,10H2,1-2H3,(H,19,23). The number of ether oxygens (including phenoxy) is 1. The highest BCUT2D eigenvalue weighted by Gasteiger charge is 2.17. The van der Waals surface area contributed by atoms with Gasteiger partial charge in [-0.15, -0.1) is 0 Å². The number of nitrogens with one attached hydrogen (secondary N) is 1. The molecule has 1 N–H and O–H groups in total. The van der Waals surface area contributed by atoms with Crippen LogP contribution in [0.5, 0.6) is 0 Å². The number of aromatic nitrogens is 2. The van der Waals surface area contributed by atoms with Gasteiger partial charge in [-0.25, -0.2) is 9.07 Å². The van der Waals surface area contributed by atoms with Crippen molar-refractivity contribution in [3.05, 3.63) is 47.5 Å². The molecule has 0 saturated heterocycles. The van der Waals surface area contributed by atoms with E-state index in [0.717, 1.165) is 5.69 Å². The van der Waals surface area contributed by atoms with Gasteiger partial charge in [-0.1, -0.05) is 6.92 Å². The molecule has 0 radical (unpaired) electrons. The molecular formula is C17H20FN3O3. The highest BCUT2D eigenvalue weighted by atomic mass is 19.1. The predicted octanol–water partition coefficient (Wildman–Crippen LogP) is 2.26. The Morgan fingerprint density at radius 3 is 2.62 bits per heavy atom. The van der Waals surface area contributed by atoms with E-state index in [1.54, 1.807) is 16.8 Å². The molecule has 1 heterocycles. The van der Waals surface area contributed by atoms with Crippen LogP contribution >= 0.6 is 0 Å². The molecule has 7 heteroatoms. The number of amides is 1. The summed E-state index contributed by atoms with van der Waals surface area (Å²) in [4.78, 5) is 23.3. The zero-order chi connectivity index (χ0) is 17.5. The fourth-order valence-corrected chi connectivity index (χ4v) is 2.34. The lowest BCUT2D eigenvalue weighted by Crippen LogP contribution is -2.25. The van der Waals surface area contributed by atoms with Crippen molar-refractivity contribution in [2.45, 2.75) is 26.2 Å². The minimum absolute atomic E-state index is 0.245. The van der Waals surface area contributed by atoms with Gasteiger partial charge in [-0.05, 0) is 37.1 Å². The van der Waals surface area contributed by atoms with Crippen LogP contribution in [0.15, 0.2) is 30.5 Å². The van der Waals surface area contributed by atoms with E-state index in [1.165, 1.54) is 25.4 Å². The molecule has 24 heavy (non-hydrogen) atoms. The quantitative estimate of drug-likeness (QED) is 0.623. The first-order valence-corrected chi connectivity index (χ1v) is 7.74. The van der Waals surface area contributed by atoms with Crippen molar-refractivity contribution in [2.75, 3.05) is 13.7 Å². The molecule has 0 spiro atoms. The number of halogens is 1. The van der Waals surface area contributed by atoms with Gasteiger partial charge in [0.15, 0.2) is 0 Å². The largest absolute Gasteiger partial charge is 0.469 e.